The van der Waals surface area contributed by atoms with Gasteiger partial charge in [0, 0.05) is 10.2 Å². The van der Waals surface area contributed by atoms with Crippen LogP contribution in [0.3, 0.4) is 0 Å². The molecule has 0 aliphatic rings. The number of nitrogens with one attached hydrogen (secondary N) is 2. The fourth-order valence-electron chi connectivity index (χ4n) is 1.99. The van der Waals surface area contributed by atoms with Crippen LogP contribution < -0.4 is 10.7 Å². The molecule has 124 valence electrons. The van der Waals surface area contributed by atoms with E-state index in [0.717, 1.165) is 10.2 Å². The fraction of sp³-hybridized carbons (Fsp3) is 0. The highest BCUT2D eigenvalue weighted by atomic mass is 79.9. The first-order valence-corrected chi connectivity index (χ1v) is 7.93. The number of halogens is 1. The number of nitrogens with zero attached hydrogens (tertiary/aromatic N) is 5. The van der Waals surface area contributed by atoms with Crippen molar-refractivity contribution in [3.05, 3.63) is 52.9 Å². The number of hydrogen-bond donors (Lipinski definition) is 2. The van der Waals surface area contributed by atoms with E-state index in [1.165, 1.54) is 6.21 Å². The molecule has 4 aromatic rings. The number of hydrogen-bond acceptors (Lipinski definition) is 9. The maximum absolute atomic E-state index is 5.18. The Labute approximate surface area is 149 Å². The van der Waals surface area contributed by atoms with Crippen molar-refractivity contribution in [2.75, 3.05) is 10.7 Å². The lowest BCUT2D eigenvalue weighted by atomic mass is 10.3. The van der Waals surface area contributed by atoms with Crippen molar-refractivity contribution in [3.63, 3.8) is 0 Å². The molecule has 0 spiro atoms. The van der Waals surface area contributed by atoms with E-state index in [1.807, 2.05) is 24.3 Å². The van der Waals surface area contributed by atoms with Crippen molar-refractivity contribution in [2.45, 2.75) is 0 Å². The van der Waals surface area contributed by atoms with Gasteiger partial charge in [-0.25, -0.2) is 9.61 Å². The third-order valence-corrected chi connectivity index (χ3v) is 3.66. The monoisotopic (exact) mass is 399 g/mol. The number of fused-ring (bicyclic) bond motifs is 1. The fourth-order valence-corrected chi connectivity index (χ4v) is 2.26. The number of benzene rings is 1. The van der Waals surface area contributed by atoms with Crippen molar-refractivity contribution in [3.8, 4) is 0 Å². The molecule has 0 saturated heterocycles. The summed E-state index contributed by atoms with van der Waals surface area (Å²) in [5.74, 6) is 1.41. The van der Waals surface area contributed by atoms with Gasteiger partial charge in [-0.15, -0.1) is 0 Å². The molecule has 3 aromatic heterocycles. The molecule has 0 amide bonds. The first-order chi connectivity index (χ1) is 12.3. The van der Waals surface area contributed by atoms with Crippen LogP contribution in [0.2, 0.25) is 0 Å². The van der Waals surface area contributed by atoms with E-state index in [0.29, 0.717) is 23.0 Å². The normalized spacial score (nSPS) is 11.2. The molecule has 25 heavy (non-hydrogen) atoms. The molecule has 0 bridgehead atoms. The molecule has 9 nitrogen and oxygen atoms in total. The van der Waals surface area contributed by atoms with Gasteiger partial charge in [-0.1, -0.05) is 15.9 Å². The molecular formula is C15H10BrN7O2. The Balaban J connectivity index is 1.64. The summed E-state index contributed by atoms with van der Waals surface area (Å²) in [7, 11) is 0. The van der Waals surface area contributed by atoms with Crippen molar-refractivity contribution < 1.29 is 9.05 Å². The Hall–Kier alpha value is -3.27. The lowest BCUT2D eigenvalue weighted by Crippen LogP contribution is -2.03. The average Bonchev–Trinajstić information content (AvgIpc) is 3.28. The highest BCUT2D eigenvalue weighted by Gasteiger charge is 2.12. The van der Waals surface area contributed by atoms with Gasteiger partial charge in [0.25, 0.3) is 0 Å². The van der Waals surface area contributed by atoms with Crippen molar-refractivity contribution in [1.29, 1.82) is 0 Å². The van der Waals surface area contributed by atoms with E-state index in [2.05, 4.69) is 56.7 Å². The van der Waals surface area contributed by atoms with Gasteiger partial charge in [0.1, 0.15) is 5.76 Å². The minimum absolute atomic E-state index is 0.275. The summed E-state index contributed by atoms with van der Waals surface area (Å²) < 4.78 is 10.8. The summed E-state index contributed by atoms with van der Waals surface area (Å²) in [6, 6.07) is 11.2. The lowest BCUT2D eigenvalue weighted by Gasteiger charge is -2.09. The Morgan fingerprint density at radius 1 is 1.00 bits per heavy atom. The first-order valence-electron chi connectivity index (χ1n) is 7.13. The maximum Gasteiger partial charge on any atom is 0.245 e. The molecule has 0 unspecified atom stereocenters. The zero-order chi connectivity index (χ0) is 17.1. The molecular weight excluding hydrogens is 390 g/mol. The van der Waals surface area contributed by atoms with Crippen LogP contribution >= 0.6 is 15.9 Å². The van der Waals surface area contributed by atoms with Gasteiger partial charge < -0.3 is 9.73 Å². The minimum atomic E-state index is 0.275. The van der Waals surface area contributed by atoms with Gasteiger partial charge in [-0.05, 0) is 46.7 Å². The van der Waals surface area contributed by atoms with E-state index >= 15 is 0 Å². The van der Waals surface area contributed by atoms with Crippen molar-refractivity contribution >= 4 is 50.8 Å². The first kappa shape index (κ1) is 15.3. The largest absolute Gasteiger partial charge is 0.463 e. The molecule has 0 radical (unpaired) electrons. The highest BCUT2D eigenvalue weighted by Crippen LogP contribution is 2.24. The lowest BCUT2D eigenvalue weighted by molar-refractivity contribution is 0.314. The molecule has 0 atom stereocenters. The molecule has 3 heterocycles. The number of rotatable bonds is 5. The smallest absolute Gasteiger partial charge is 0.245 e. The van der Waals surface area contributed by atoms with Crippen LogP contribution in [-0.2, 0) is 0 Å². The second-order valence-electron chi connectivity index (χ2n) is 4.85. The van der Waals surface area contributed by atoms with Gasteiger partial charge in [0.2, 0.25) is 11.3 Å². The second-order valence-corrected chi connectivity index (χ2v) is 5.77. The Morgan fingerprint density at radius 2 is 1.76 bits per heavy atom. The topological polar surface area (TPSA) is 114 Å². The molecule has 0 saturated carbocycles. The van der Waals surface area contributed by atoms with E-state index in [9.17, 15) is 0 Å². The number of anilines is 3. The molecule has 0 fully saturated rings. The van der Waals surface area contributed by atoms with Crippen molar-refractivity contribution in [2.24, 2.45) is 5.10 Å². The summed E-state index contributed by atoms with van der Waals surface area (Å²) in [6.45, 7) is 0. The van der Waals surface area contributed by atoms with Crippen LogP contribution in [0.5, 0.6) is 0 Å². The molecule has 1 aromatic carbocycles. The van der Waals surface area contributed by atoms with Gasteiger partial charge in [0.15, 0.2) is 11.6 Å². The summed E-state index contributed by atoms with van der Waals surface area (Å²) in [5.41, 5.74) is 4.21. The van der Waals surface area contributed by atoms with E-state index in [1.54, 1.807) is 18.4 Å². The number of furan rings is 1. The van der Waals surface area contributed by atoms with Crippen LogP contribution in [-0.4, -0.2) is 26.5 Å². The van der Waals surface area contributed by atoms with Crippen molar-refractivity contribution in [1.82, 2.24) is 20.3 Å². The van der Waals surface area contributed by atoms with Crippen LogP contribution in [0.1, 0.15) is 5.76 Å². The van der Waals surface area contributed by atoms with Gasteiger partial charge in [-0.2, -0.15) is 10.1 Å². The summed E-state index contributed by atoms with van der Waals surface area (Å²) in [5, 5.41) is 14.7. The maximum atomic E-state index is 5.18. The number of aromatic nitrogens is 4. The standard InChI is InChI=1S/C15H10BrN7O2/c16-9-3-5-10(6-4-9)18-12-13(20-15-14(19-12)22-25-23-15)21-17-8-11-2-1-7-24-11/h1-8H,(H,18,19,22)(H,20,21,23)/b17-8+. The minimum Gasteiger partial charge on any atom is -0.463 e. The summed E-state index contributed by atoms with van der Waals surface area (Å²) >= 11 is 3.40. The second kappa shape index (κ2) is 6.69. The third-order valence-electron chi connectivity index (χ3n) is 3.13. The Bertz CT molecular complexity index is 1010. The SMILES string of the molecule is Brc1ccc(Nc2nc3nonc3nc2N/N=C/c2ccco2)cc1. The van der Waals surface area contributed by atoms with Gasteiger partial charge in [0.05, 0.1) is 12.5 Å². The third kappa shape index (κ3) is 3.48. The molecule has 4 rings (SSSR count). The predicted molar refractivity (Wildman–Crippen MR) is 94.7 cm³/mol. The zero-order valence-electron chi connectivity index (χ0n) is 12.5. The van der Waals surface area contributed by atoms with Crippen LogP contribution in [0, 0.1) is 0 Å². The number of hydrazone groups is 1. The van der Waals surface area contributed by atoms with Gasteiger partial charge >= 0.3 is 0 Å². The van der Waals surface area contributed by atoms with E-state index in [-0.39, 0.29) is 5.65 Å². The molecule has 10 heteroatoms. The molecule has 2 N–H and O–H groups in total. The van der Waals surface area contributed by atoms with Crippen LogP contribution in [0.25, 0.3) is 11.3 Å². The van der Waals surface area contributed by atoms with E-state index in [4.69, 9.17) is 4.42 Å². The summed E-state index contributed by atoms with van der Waals surface area (Å²) in [4.78, 5) is 8.67. The summed E-state index contributed by atoms with van der Waals surface area (Å²) in [6.07, 6.45) is 3.09. The molecule has 0 aliphatic carbocycles. The highest BCUT2D eigenvalue weighted by molar-refractivity contribution is 9.10. The average molecular weight is 400 g/mol. The zero-order valence-corrected chi connectivity index (χ0v) is 14.1. The van der Waals surface area contributed by atoms with Crippen LogP contribution in [0.4, 0.5) is 17.3 Å². The Kier molecular flexibility index (Phi) is 4.09. The predicted octanol–water partition coefficient (Wildman–Crippen LogP) is 3.56. The molecule has 0 aliphatic heterocycles. The quantitative estimate of drug-likeness (QED) is 0.386. The van der Waals surface area contributed by atoms with E-state index < -0.39 is 0 Å². The van der Waals surface area contributed by atoms with Crippen LogP contribution in [0.15, 0.2) is 61.3 Å². The Morgan fingerprint density at radius 3 is 2.48 bits per heavy atom. The van der Waals surface area contributed by atoms with Gasteiger partial charge in [-0.3, -0.25) is 5.43 Å².